The van der Waals surface area contributed by atoms with Gasteiger partial charge in [0.25, 0.3) is 0 Å². The van der Waals surface area contributed by atoms with Crippen LogP contribution in [0.25, 0.3) is 0 Å². The maximum Gasteiger partial charge on any atom is 0.0464 e. The summed E-state index contributed by atoms with van der Waals surface area (Å²) in [6, 6.07) is 39.8. The molecule has 5 rings (SSSR count). The van der Waals surface area contributed by atoms with Crippen LogP contribution >= 0.6 is 0 Å². The summed E-state index contributed by atoms with van der Waals surface area (Å²) in [5, 5.41) is 0. The van der Waals surface area contributed by atoms with Crippen molar-refractivity contribution in [1.29, 1.82) is 0 Å². The molecule has 38 heavy (non-hydrogen) atoms. The predicted molar refractivity (Wildman–Crippen MR) is 164 cm³/mol. The van der Waals surface area contributed by atoms with Gasteiger partial charge in [0.1, 0.15) is 0 Å². The third-order valence-electron chi connectivity index (χ3n) is 7.45. The van der Waals surface area contributed by atoms with Gasteiger partial charge < -0.3 is 9.80 Å². The maximum absolute atomic E-state index is 2.34. The molecular weight excluding hydrogens is 460 g/mol. The van der Waals surface area contributed by atoms with Crippen LogP contribution in [-0.2, 0) is 0 Å². The predicted octanol–water partition coefficient (Wildman–Crippen LogP) is 10.5. The van der Waals surface area contributed by atoms with Crippen molar-refractivity contribution < 1.29 is 0 Å². The Hall–Kier alpha value is -4.30. The number of benzene rings is 5. The molecule has 0 radical (unpaired) electrons. The molecule has 0 aliphatic carbocycles. The van der Waals surface area contributed by atoms with Gasteiger partial charge in [-0.25, -0.2) is 0 Å². The van der Waals surface area contributed by atoms with Gasteiger partial charge >= 0.3 is 0 Å². The Morgan fingerprint density at radius 3 is 0.842 bits per heavy atom. The highest BCUT2D eigenvalue weighted by Crippen LogP contribution is 2.39. The van der Waals surface area contributed by atoms with Gasteiger partial charge in [0.05, 0.1) is 0 Å². The van der Waals surface area contributed by atoms with E-state index in [2.05, 4.69) is 161 Å². The van der Waals surface area contributed by atoms with Crippen LogP contribution < -0.4 is 9.80 Å². The third kappa shape index (κ3) is 5.21. The Balaban J connectivity index is 1.60. The molecule has 0 heterocycles. The Labute approximate surface area is 227 Å². The maximum atomic E-state index is 2.34. The molecule has 0 aliphatic rings. The van der Waals surface area contributed by atoms with E-state index in [0.717, 1.165) is 34.1 Å². The number of aryl methyl sites for hydroxylation is 6. The molecule has 0 fully saturated rings. The standard InChI is InChI=1S/C36H36N2/c1-25-7-13-31(14-8-25)37(35-17-11-27(3)29(5)23-35)33-19-21-34(22-20-33)38(32-15-9-26(2)10-16-32)36-18-12-28(4)30(6)24-36/h7-24H,1-6H3. The monoisotopic (exact) mass is 496 g/mol. The van der Waals surface area contributed by atoms with Gasteiger partial charge in [-0.1, -0.05) is 47.5 Å². The first-order valence-electron chi connectivity index (χ1n) is 13.3. The van der Waals surface area contributed by atoms with E-state index in [1.165, 1.54) is 33.4 Å². The van der Waals surface area contributed by atoms with E-state index in [9.17, 15) is 0 Å². The van der Waals surface area contributed by atoms with Crippen LogP contribution in [0, 0.1) is 41.5 Å². The lowest BCUT2D eigenvalue weighted by Crippen LogP contribution is -2.12. The zero-order chi connectivity index (χ0) is 26.8. The summed E-state index contributed by atoms with van der Waals surface area (Å²) in [5.41, 5.74) is 14.6. The van der Waals surface area contributed by atoms with E-state index < -0.39 is 0 Å². The summed E-state index contributed by atoms with van der Waals surface area (Å²) in [6.45, 7) is 12.9. The van der Waals surface area contributed by atoms with Gasteiger partial charge in [-0.05, 0) is 137 Å². The minimum atomic E-state index is 1.13. The van der Waals surface area contributed by atoms with Crippen LogP contribution in [0.2, 0.25) is 0 Å². The van der Waals surface area contributed by atoms with Crippen LogP contribution in [0.5, 0.6) is 0 Å². The lowest BCUT2D eigenvalue weighted by atomic mass is 10.1. The molecule has 0 aliphatic heterocycles. The molecule has 5 aromatic rings. The molecule has 0 atom stereocenters. The molecule has 0 N–H and O–H groups in total. The quantitative estimate of drug-likeness (QED) is 0.231. The average molecular weight is 497 g/mol. The molecule has 2 heteroatoms. The first-order chi connectivity index (χ1) is 18.3. The Morgan fingerprint density at radius 1 is 0.289 bits per heavy atom. The number of hydrogen-bond donors (Lipinski definition) is 0. The minimum absolute atomic E-state index is 1.13. The molecule has 0 unspecified atom stereocenters. The van der Waals surface area contributed by atoms with Gasteiger partial charge in [-0.3, -0.25) is 0 Å². The average Bonchev–Trinajstić information content (AvgIpc) is 2.91. The van der Waals surface area contributed by atoms with Crippen molar-refractivity contribution in [3.63, 3.8) is 0 Å². The van der Waals surface area contributed by atoms with Crippen molar-refractivity contribution in [1.82, 2.24) is 0 Å². The summed E-state index contributed by atoms with van der Waals surface area (Å²) >= 11 is 0. The topological polar surface area (TPSA) is 6.48 Å². The smallest absolute Gasteiger partial charge is 0.0464 e. The minimum Gasteiger partial charge on any atom is -0.310 e. The van der Waals surface area contributed by atoms with Gasteiger partial charge in [-0.15, -0.1) is 0 Å². The van der Waals surface area contributed by atoms with Crippen LogP contribution in [0.1, 0.15) is 33.4 Å². The Kier molecular flexibility index (Phi) is 7.07. The van der Waals surface area contributed by atoms with Gasteiger partial charge in [0, 0.05) is 34.1 Å². The summed E-state index contributed by atoms with van der Waals surface area (Å²) < 4.78 is 0. The Morgan fingerprint density at radius 2 is 0.553 bits per heavy atom. The summed E-state index contributed by atoms with van der Waals surface area (Å²) in [4.78, 5) is 4.67. The molecule has 2 nitrogen and oxygen atoms in total. The van der Waals surface area contributed by atoms with E-state index in [-0.39, 0.29) is 0 Å². The van der Waals surface area contributed by atoms with Crippen LogP contribution in [-0.4, -0.2) is 0 Å². The largest absolute Gasteiger partial charge is 0.310 e. The highest BCUT2D eigenvalue weighted by Gasteiger charge is 2.16. The number of hydrogen-bond acceptors (Lipinski definition) is 2. The van der Waals surface area contributed by atoms with E-state index >= 15 is 0 Å². The molecule has 0 spiro atoms. The first-order valence-corrected chi connectivity index (χ1v) is 13.3. The molecule has 0 amide bonds. The molecule has 190 valence electrons. The molecule has 0 saturated carbocycles. The van der Waals surface area contributed by atoms with E-state index in [0.29, 0.717) is 0 Å². The van der Waals surface area contributed by atoms with Crippen molar-refractivity contribution in [3.05, 3.63) is 143 Å². The van der Waals surface area contributed by atoms with E-state index in [1.807, 2.05) is 0 Å². The van der Waals surface area contributed by atoms with Crippen molar-refractivity contribution in [2.75, 3.05) is 9.80 Å². The second-order valence-corrected chi connectivity index (χ2v) is 10.4. The fourth-order valence-electron chi connectivity index (χ4n) is 4.76. The SMILES string of the molecule is Cc1ccc(N(c2ccc(N(c3ccc(C)cc3)c3ccc(C)c(C)c3)cc2)c2ccc(C)c(C)c2)cc1. The number of rotatable bonds is 6. The second-order valence-electron chi connectivity index (χ2n) is 10.4. The third-order valence-corrected chi connectivity index (χ3v) is 7.45. The molecule has 0 aromatic heterocycles. The van der Waals surface area contributed by atoms with Crippen molar-refractivity contribution in [2.24, 2.45) is 0 Å². The van der Waals surface area contributed by atoms with Crippen LogP contribution in [0.3, 0.4) is 0 Å². The Bertz CT molecular complexity index is 1430. The van der Waals surface area contributed by atoms with Crippen molar-refractivity contribution >= 4 is 34.1 Å². The summed E-state index contributed by atoms with van der Waals surface area (Å²) in [6.07, 6.45) is 0. The lowest BCUT2D eigenvalue weighted by molar-refractivity contribution is 1.23. The van der Waals surface area contributed by atoms with Crippen molar-refractivity contribution in [3.8, 4) is 0 Å². The fourth-order valence-corrected chi connectivity index (χ4v) is 4.76. The number of anilines is 6. The molecule has 0 bridgehead atoms. The molecular formula is C36H36N2. The normalized spacial score (nSPS) is 10.9. The number of nitrogens with zero attached hydrogens (tertiary/aromatic N) is 2. The van der Waals surface area contributed by atoms with Crippen LogP contribution in [0.4, 0.5) is 34.1 Å². The van der Waals surface area contributed by atoms with Crippen LogP contribution in [0.15, 0.2) is 109 Å². The summed E-state index contributed by atoms with van der Waals surface area (Å²) in [5.74, 6) is 0. The highest BCUT2D eigenvalue weighted by atomic mass is 15.2. The van der Waals surface area contributed by atoms with Gasteiger partial charge in [0.2, 0.25) is 0 Å². The van der Waals surface area contributed by atoms with Crippen molar-refractivity contribution in [2.45, 2.75) is 41.5 Å². The van der Waals surface area contributed by atoms with E-state index in [4.69, 9.17) is 0 Å². The second kappa shape index (κ2) is 10.6. The fraction of sp³-hybridized carbons (Fsp3) is 0.167. The summed E-state index contributed by atoms with van der Waals surface area (Å²) in [7, 11) is 0. The highest BCUT2D eigenvalue weighted by molar-refractivity contribution is 5.81. The lowest BCUT2D eigenvalue weighted by Gasteiger charge is -2.29. The molecule has 0 saturated heterocycles. The zero-order valence-electron chi connectivity index (χ0n) is 23.3. The first kappa shape index (κ1) is 25.4. The van der Waals surface area contributed by atoms with E-state index in [1.54, 1.807) is 0 Å². The van der Waals surface area contributed by atoms with Gasteiger partial charge in [0.15, 0.2) is 0 Å². The zero-order valence-corrected chi connectivity index (χ0v) is 23.3. The molecule has 5 aromatic carbocycles. The van der Waals surface area contributed by atoms with Gasteiger partial charge in [-0.2, -0.15) is 0 Å².